The molecule has 1 atom stereocenters. The van der Waals surface area contributed by atoms with E-state index in [1.54, 1.807) is 24.3 Å². The number of hydrogen-bond acceptors (Lipinski definition) is 2. The highest BCUT2D eigenvalue weighted by Crippen LogP contribution is 2.33. The van der Waals surface area contributed by atoms with E-state index >= 15 is 0 Å². The number of halogens is 4. The molecule has 2 N–H and O–H groups in total. The molecule has 3 aromatic carbocycles. The molecular weight excluding hydrogens is 414 g/mol. The summed E-state index contributed by atoms with van der Waals surface area (Å²) in [7, 11) is 0. The van der Waals surface area contributed by atoms with E-state index in [2.05, 4.69) is 10.6 Å². The van der Waals surface area contributed by atoms with Crippen LogP contribution in [-0.4, -0.2) is 15.9 Å². The van der Waals surface area contributed by atoms with E-state index in [9.17, 15) is 4.79 Å². The molecule has 0 bridgehead atoms. The van der Waals surface area contributed by atoms with Crippen molar-refractivity contribution in [2.24, 2.45) is 0 Å². The van der Waals surface area contributed by atoms with Gasteiger partial charge in [-0.3, -0.25) is 4.79 Å². The molecular formula is C19H14Cl4N2O. The third kappa shape index (κ3) is 4.54. The van der Waals surface area contributed by atoms with Crippen LogP contribution in [0.2, 0.25) is 5.02 Å². The van der Waals surface area contributed by atoms with Crippen molar-refractivity contribution in [1.29, 1.82) is 0 Å². The average molecular weight is 428 g/mol. The summed E-state index contributed by atoms with van der Waals surface area (Å²) in [5, 5.41) is 8.25. The maximum atomic E-state index is 12.5. The molecule has 0 aromatic heterocycles. The van der Waals surface area contributed by atoms with E-state index in [0.717, 1.165) is 16.5 Å². The van der Waals surface area contributed by atoms with Gasteiger partial charge in [0.15, 0.2) is 0 Å². The Hall–Kier alpha value is -1.65. The predicted molar refractivity (Wildman–Crippen MR) is 111 cm³/mol. The lowest BCUT2D eigenvalue weighted by molar-refractivity contribution is 0.0942. The first kappa shape index (κ1) is 19.1. The first-order valence-corrected chi connectivity index (χ1v) is 9.23. The Bertz CT molecular complexity index is 935. The lowest BCUT2D eigenvalue weighted by Crippen LogP contribution is -2.49. The number of hydrogen-bond donors (Lipinski definition) is 2. The zero-order chi connectivity index (χ0) is 18.7. The highest BCUT2D eigenvalue weighted by Gasteiger charge is 2.34. The molecule has 0 spiro atoms. The molecule has 0 fully saturated rings. The maximum absolute atomic E-state index is 12.5. The molecule has 3 aromatic rings. The third-order valence-electron chi connectivity index (χ3n) is 3.78. The van der Waals surface area contributed by atoms with Crippen LogP contribution in [0.4, 0.5) is 5.69 Å². The average Bonchev–Trinajstić information content (AvgIpc) is 2.60. The van der Waals surface area contributed by atoms with Crippen LogP contribution in [0, 0.1) is 0 Å². The van der Waals surface area contributed by atoms with Gasteiger partial charge in [0.1, 0.15) is 6.17 Å². The van der Waals surface area contributed by atoms with E-state index < -0.39 is 15.9 Å². The van der Waals surface area contributed by atoms with Crippen molar-refractivity contribution in [3.05, 3.63) is 77.3 Å². The second kappa shape index (κ2) is 7.93. The molecule has 0 heterocycles. The fourth-order valence-electron chi connectivity index (χ4n) is 2.55. The van der Waals surface area contributed by atoms with E-state index in [1.165, 1.54) is 0 Å². The number of carbonyl (C=O) groups is 1. The molecule has 134 valence electrons. The van der Waals surface area contributed by atoms with Gasteiger partial charge in [0.05, 0.1) is 0 Å². The van der Waals surface area contributed by atoms with Gasteiger partial charge in [-0.2, -0.15) is 0 Å². The Morgan fingerprint density at radius 2 is 1.62 bits per heavy atom. The first-order chi connectivity index (χ1) is 12.3. The minimum absolute atomic E-state index is 0.372. The molecule has 7 heteroatoms. The molecule has 0 aliphatic heterocycles. The summed E-state index contributed by atoms with van der Waals surface area (Å²) in [5.41, 5.74) is 1.11. The van der Waals surface area contributed by atoms with Crippen molar-refractivity contribution >= 4 is 68.8 Å². The molecule has 0 radical (unpaired) electrons. The van der Waals surface area contributed by atoms with Gasteiger partial charge >= 0.3 is 0 Å². The smallest absolute Gasteiger partial charge is 0.253 e. The lowest BCUT2D eigenvalue weighted by Gasteiger charge is -2.28. The van der Waals surface area contributed by atoms with Crippen LogP contribution < -0.4 is 10.6 Å². The van der Waals surface area contributed by atoms with Gasteiger partial charge in [-0.05, 0) is 29.7 Å². The Morgan fingerprint density at radius 1 is 0.923 bits per heavy atom. The molecule has 0 saturated carbocycles. The topological polar surface area (TPSA) is 41.1 Å². The normalized spacial score (nSPS) is 12.6. The zero-order valence-electron chi connectivity index (χ0n) is 13.3. The first-order valence-electron chi connectivity index (χ1n) is 7.72. The summed E-state index contributed by atoms with van der Waals surface area (Å²) < 4.78 is -1.77. The number of carbonyl (C=O) groups excluding carboxylic acids is 1. The van der Waals surface area contributed by atoms with Crippen molar-refractivity contribution in [2.75, 3.05) is 5.32 Å². The summed E-state index contributed by atoms with van der Waals surface area (Å²) in [6, 6.07) is 20.1. The summed E-state index contributed by atoms with van der Waals surface area (Å²) in [4.78, 5) is 12.5. The quantitative estimate of drug-likeness (QED) is 0.394. The number of nitrogens with one attached hydrogen (secondary N) is 2. The van der Waals surface area contributed by atoms with E-state index in [4.69, 9.17) is 46.4 Å². The van der Waals surface area contributed by atoms with Crippen molar-refractivity contribution < 1.29 is 4.79 Å². The van der Waals surface area contributed by atoms with Crippen LogP contribution >= 0.6 is 46.4 Å². The third-order valence-corrected chi connectivity index (χ3v) is 4.67. The standard InChI is InChI=1S/C19H14Cl4N2O/c20-14-8-3-7-13(11-14)17(26)25-18(19(21,22)23)24-16-10-4-6-12-5-1-2-9-15(12)16/h1-11,18,24H,(H,25,26)/t18-/m1/s1. The van der Waals surface area contributed by atoms with Crippen molar-refractivity contribution in [1.82, 2.24) is 5.32 Å². The molecule has 1 amide bonds. The van der Waals surface area contributed by atoms with E-state index in [1.807, 2.05) is 42.5 Å². The van der Waals surface area contributed by atoms with Crippen molar-refractivity contribution in [3.8, 4) is 0 Å². The number of benzene rings is 3. The van der Waals surface area contributed by atoms with E-state index in [0.29, 0.717) is 10.6 Å². The summed E-state index contributed by atoms with van der Waals surface area (Å²) in [5.74, 6) is -0.406. The van der Waals surface area contributed by atoms with Gasteiger partial charge in [0.2, 0.25) is 3.79 Å². The SMILES string of the molecule is O=C(N[C@@H](Nc1cccc2ccccc12)C(Cl)(Cl)Cl)c1cccc(Cl)c1. The Morgan fingerprint density at radius 3 is 2.35 bits per heavy atom. The molecule has 0 unspecified atom stereocenters. The summed E-state index contributed by atoms with van der Waals surface area (Å²) in [6.07, 6.45) is -0.954. The number of alkyl halides is 3. The molecule has 0 aliphatic rings. The molecule has 3 nitrogen and oxygen atoms in total. The van der Waals surface area contributed by atoms with Gasteiger partial charge in [-0.15, -0.1) is 0 Å². The monoisotopic (exact) mass is 426 g/mol. The van der Waals surface area contributed by atoms with Gasteiger partial charge < -0.3 is 10.6 Å². The fraction of sp³-hybridized carbons (Fsp3) is 0.105. The van der Waals surface area contributed by atoms with Gasteiger partial charge in [0.25, 0.3) is 5.91 Å². The maximum Gasteiger partial charge on any atom is 0.253 e. The highest BCUT2D eigenvalue weighted by atomic mass is 35.6. The molecule has 0 saturated heterocycles. The minimum atomic E-state index is -1.77. The second-order valence-electron chi connectivity index (χ2n) is 5.63. The van der Waals surface area contributed by atoms with Crippen LogP contribution in [0.3, 0.4) is 0 Å². The van der Waals surface area contributed by atoms with Crippen LogP contribution in [-0.2, 0) is 0 Å². The number of fused-ring (bicyclic) bond motifs is 1. The van der Waals surface area contributed by atoms with Crippen LogP contribution in [0.25, 0.3) is 10.8 Å². The lowest BCUT2D eigenvalue weighted by atomic mass is 10.1. The highest BCUT2D eigenvalue weighted by molar-refractivity contribution is 6.68. The Labute approximate surface area is 171 Å². The molecule has 26 heavy (non-hydrogen) atoms. The second-order valence-corrected chi connectivity index (χ2v) is 8.43. The zero-order valence-corrected chi connectivity index (χ0v) is 16.4. The Kier molecular flexibility index (Phi) is 5.83. The van der Waals surface area contributed by atoms with Crippen molar-refractivity contribution in [2.45, 2.75) is 9.96 Å². The minimum Gasteiger partial charge on any atom is -0.361 e. The summed E-state index contributed by atoms with van der Waals surface area (Å²) >= 11 is 24.2. The van der Waals surface area contributed by atoms with E-state index in [-0.39, 0.29) is 0 Å². The number of amides is 1. The Balaban J connectivity index is 1.88. The van der Waals surface area contributed by atoms with Gasteiger partial charge in [-0.1, -0.05) is 88.9 Å². The van der Waals surface area contributed by atoms with Gasteiger partial charge in [0, 0.05) is 21.7 Å². The van der Waals surface area contributed by atoms with Crippen LogP contribution in [0.5, 0.6) is 0 Å². The fourth-order valence-corrected chi connectivity index (χ4v) is 3.07. The van der Waals surface area contributed by atoms with Crippen LogP contribution in [0.15, 0.2) is 66.7 Å². The van der Waals surface area contributed by atoms with Crippen molar-refractivity contribution in [3.63, 3.8) is 0 Å². The van der Waals surface area contributed by atoms with Crippen LogP contribution in [0.1, 0.15) is 10.4 Å². The van der Waals surface area contributed by atoms with Gasteiger partial charge in [-0.25, -0.2) is 0 Å². The largest absolute Gasteiger partial charge is 0.361 e. The summed E-state index contributed by atoms with van der Waals surface area (Å²) in [6.45, 7) is 0. The molecule has 3 rings (SSSR count). The predicted octanol–water partition coefficient (Wildman–Crippen LogP) is 6.03. The number of anilines is 1. The molecule has 0 aliphatic carbocycles. The number of rotatable bonds is 4.